The number of aliphatic hydroxyl groups is 1. The first-order chi connectivity index (χ1) is 24.3. The maximum atomic E-state index is 13.9. The molecule has 1 aliphatic carbocycles. The summed E-state index contributed by atoms with van der Waals surface area (Å²) in [5.74, 6) is -0.537. The maximum absolute atomic E-state index is 13.9. The van der Waals surface area contributed by atoms with E-state index in [1.807, 2.05) is 51.4 Å². The molecular formula is C41H48N4O5S. The zero-order chi connectivity index (χ0) is 36.3. The van der Waals surface area contributed by atoms with E-state index >= 15 is 0 Å². The predicted molar refractivity (Wildman–Crippen MR) is 199 cm³/mol. The normalized spacial score (nSPS) is 20.5. The molecule has 0 bridgehead atoms. The number of nitrogens with one attached hydrogen (secondary N) is 1. The van der Waals surface area contributed by atoms with Crippen LogP contribution in [0.1, 0.15) is 104 Å². The van der Waals surface area contributed by atoms with Crippen LogP contribution in [0.4, 0.5) is 0 Å². The number of aromatic nitrogens is 2. The topological polar surface area (TPSA) is 133 Å². The molecule has 268 valence electrons. The zero-order valence-electron chi connectivity index (χ0n) is 29.9. The van der Waals surface area contributed by atoms with E-state index in [4.69, 9.17) is 0 Å². The second kappa shape index (κ2) is 15.1. The minimum absolute atomic E-state index is 0.177. The molecule has 9 nitrogen and oxygen atoms in total. The van der Waals surface area contributed by atoms with E-state index in [2.05, 4.69) is 46.5 Å². The van der Waals surface area contributed by atoms with Crippen LogP contribution in [0, 0.1) is 5.92 Å². The fraction of sp³-hybridized carbons (Fsp3) is 0.439. The molecule has 6 rings (SSSR count). The Kier molecular flexibility index (Phi) is 10.7. The highest BCUT2D eigenvalue weighted by Gasteiger charge is 2.46. The first kappa shape index (κ1) is 36.4. The molecule has 1 saturated carbocycles. The van der Waals surface area contributed by atoms with Crippen molar-refractivity contribution in [2.45, 2.75) is 102 Å². The van der Waals surface area contributed by atoms with Crippen LogP contribution in [0.25, 0.3) is 22.5 Å². The quantitative estimate of drug-likeness (QED) is 0.145. The minimum atomic E-state index is -2.37. The summed E-state index contributed by atoms with van der Waals surface area (Å²) < 4.78 is 0. The van der Waals surface area contributed by atoms with Crippen LogP contribution in [0.5, 0.6) is 0 Å². The van der Waals surface area contributed by atoms with Crippen LogP contribution in [-0.4, -0.2) is 61.2 Å². The Hall–Kier alpha value is -4.41. The van der Waals surface area contributed by atoms with Crippen molar-refractivity contribution in [3.05, 3.63) is 93.9 Å². The lowest BCUT2D eigenvalue weighted by Gasteiger charge is -2.33. The van der Waals surface area contributed by atoms with Gasteiger partial charge >= 0.3 is 5.97 Å². The number of carboxylic acid groups (broad SMARTS) is 1. The number of carbonyl (C=O) groups excluding carboxylic acids is 2. The summed E-state index contributed by atoms with van der Waals surface area (Å²) in [4.78, 5) is 51.0. The third kappa shape index (κ3) is 8.23. The van der Waals surface area contributed by atoms with E-state index in [-0.39, 0.29) is 24.8 Å². The van der Waals surface area contributed by atoms with Crippen LogP contribution in [0.2, 0.25) is 0 Å². The van der Waals surface area contributed by atoms with Crippen molar-refractivity contribution >= 4 is 29.1 Å². The number of benzene rings is 2. The van der Waals surface area contributed by atoms with Crippen LogP contribution in [0.3, 0.4) is 0 Å². The lowest BCUT2D eigenvalue weighted by Crippen LogP contribution is -2.62. The SMILES string of the molecule is CCC1CCC(c2ccc(-c3cnc(-c4ccc(CC(O)(NC(=O)c5ccc(C(C)(C)C)s5)C(=O)N5CCC[C@H]5C(=O)O)cc4)nc3)cc2)CC1. The van der Waals surface area contributed by atoms with Crippen molar-refractivity contribution in [1.82, 2.24) is 20.2 Å². The third-order valence-corrected chi connectivity index (χ3v) is 12.0. The molecule has 3 N–H and O–H groups in total. The molecule has 2 amide bonds. The first-order valence-electron chi connectivity index (χ1n) is 18.1. The largest absolute Gasteiger partial charge is 0.480 e. The van der Waals surface area contributed by atoms with Crippen LogP contribution in [0.15, 0.2) is 73.1 Å². The Balaban J connectivity index is 1.17. The van der Waals surface area contributed by atoms with Gasteiger partial charge in [0.25, 0.3) is 11.8 Å². The maximum Gasteiger partial charge on any atom is 0.326 e. The van der Waals surface area contributed by atoms with E-state index in [1.165, 1.54) is 49.0 Å². The summed E-state index contributed by atoms with van der Waals surface area (Å²) in [6.07, 6.45) is 10.6. The summed E-state index contributed by atoms with van der Waals surface area (Å²) in [5.41, 5.74) is 2.17. The number of thiophene rings is 1. The van der Waals surface area contributed by atoms with Crippen LogP contribution < -0.4 is 5.32 Å². The molecule has 3 heterocycles. The summed E-state index contributed by atoms with van der Waals surface area (Å²) in [6.45, 7) is 8.60. The fourth-order valence-electron chi connectivity index (χ4n) is 7.33. The Bertz CT molecular complexity index is 1840. The van der Waals surface area contributed by atoms with Crippen LogP contribution >= 0.6 is 11.3 Å². The summed E-state index contributed by atoms with van der Waals surface area (Å²) in [5, 5.41) is 24.2. The number of hydrogen-bond donors (Lipinski definition) is 3. The summed E-state index contributed by atoms with van der Waals surface area (Å²) in [6, 6.07) is 18.4. The molecule has 2 aromatic heterocycles. The van der Waals surface area contributed by atoms with E-state index in [0.717, 1.165) is 32.4 Å². The number of rotatable bonds is 10. The Morgan fingerprint density at radius 1 is 0.863 bits per heavy atom. The summed E-state index contributed by atoms with van der Waals surface area (Å²) >= 11 is 1.29. The smallest absolute Gasteiger partial charge is 0.326 e. The van der Waals surface area contributed by atoms with Gasteiger partial charge in [-0.05, 0) is 84.6 Å². The van der Waals surface area contributed by atoms with Crippen molar-refractivity contribution in [3.63, 3.8) is 0 Å². The number of carbonyl (C=O) groups is 3. The van der Waals surface area contributed by atoms with E-state index in [1.54, 1.807) is 18.2 Å². The number of carboxylic acids is 1. The van der Waals surface area contributed by atoms with Gasteiger partial charge in [0.2, 0.25) is 5.72 Å². The average Bonchev–Trinajstić information content (AvgIpc) is 3.84. The molecule has 0 radical (unpaired) electrons. The van der Waals surface area contributed by atoms with Crippen molar-refractivity contribution in [3.8, 4) is 22.5 Å². The molecular weight excluding hydrogens is 661 g/mol. The summed E-state index contributed by atoms with van der Waals surface area (Å²) in [7, 11) is 0. The number of aliphatic carboxylic acids is 1. The third-order valence-electron chi connectivity index (χ3n) is 10.5. The second-order valence-corrected chi connectivity index (χ2v) is 16.2. The van der Waals surface area contributed by atoms with E-state index in [9.17, 15) is 24.6 Å². The molecule has 2 aliphatic rings. The van der Waals surface area contributed by atoms with Gasteiger partial charge in [0.1, 0.15) is 6.04 Å². The molecule has 2 aromatic carbocycles. The molecule has 0 spiro atoms. The van der Waals surface area contributed by atoms with Gasteiger partial charge < -0.3 is 20.4 Å². The minimum Gasteiger partial charge on any atom is -0.480 e. The molecule has 1 saturated heterocycles. The number of hydrogen-bond acceptors (Lipinski definition) is 7. The lowest BCUT2D eigenvalue weighted by atomic mass is 9.78. The standard InChI is InChI=1S/C41H48N4O5S/c1-5-26-8-12-28(13-9-26)29-16-18-30(19-17-29)32-24-42-36(43-25-32)31-14-10-27(11-15-31)23-41(50,39(49)45-22-6-7-33(45)38(47)48)44-37(46)34-20-21-35(51-34)40(2,3)4/h10-11,14-21,24-26,28,33,50H,5-9,12-13,22-23H2,1-4H3,(H,44,46)(H,47,48)/t26?,28?,33-,41?/m0/s1. The molecule has 10 heteroatoms. The fourth-order valence-corrected chi connectivity index (χ4v) is 8.29. The molecule has 2 fully saturated rings. The van der Waals surface area contributed by atoms with Crippen molar-refractivity contribution in [2.24, 2.45) is 5.92 Å². The molecule has 1 unspecified atom stereocenters. The Morgan fingerprint density at radius 2 is 1.51 bits per heavy atom. The van der Waals surface area contributed by atoms with Crippen molar-refractivity contribution in [1.29, 1.82) is 0 Å². The molecule has 4 aromatic rings. The molecule has 51 heavy (non-hydrogen) atoms. The highest BCUT2D eigenvalue weighted by molar-refractivity contribution is 7.14. The highest BCUT2D eigenvalue weighted by atomic mass is 32.1. The van der Waals surface area contributed by atoms with Crippen LogP contribution in [-0.2, 0) is 21.4 Å². The number of amides is 2. The first-order valence-corrected chi connectivity index (χ1v) is 18.9. The molecule has 2 atom stereocenters. The lowest BCUT2D eigenvalue weighted by molar-refractivity contribution is -0.160. The van der Waals surface area contributed by atoms with Gasteiger partial charge in [0.15, 0.2) is 5.82 Å². The number of likely N-dealkylation sites (tertiary alicyclic amines) is 1. The monoisotopic (exact) mass is 708 g/mol. The van der Waals surface area contributed by atoms with Crippen molar-refractivity contribution < 1.29 is 24.6 Å². The van der Waals surface area contributed by atoms with E-state index in [0.29, 0.717) is 28.6 Å². The average molecular weight is 709 g/mol. The predicted octanol–water partition coefficient (Wildman–Crippen LogP) is 7.59. The Labute approximate surface area is 304 Å². The van der Waals surface area contributed by atoms with Gasteiger partial charge in [-0.25, -0.2) is 14.8 Å². The van der Waals surface area contributed by atoms with E-state index < -0.39 is 29.6 Å². The van der Waals surface area contributed by atoms with Gasteiger partial charge in [-0.1, -0.05) is 82.6 Å². The second-order valence-electron chi connectivity index (χ2n) is 15.1. The number of nitrogens with zero attached hydrogens (tertiary/aromatic N) is 3. The van der Waals surface area contributed by atoms with Gasteiger partial charge in [-0.15, -0.1) is 11.3 Å². The van der Waals surface area contributed by atoms with Crippen molar-refractivity contribution in [2.75, 3.05) is 6.54 Å². The highest BCUT2D eigenvalue weighted by Crippen LogP contribution is 2.37. The van der Waals surface area contributed by atoms with Gasteiger partial charge in [-0.2, -0.15) is 0 Å². The van der Waals surface area contributed by atoms with Gasteiger partial charge in [0, 0.05) is 41.4 Å². The van der Waals surface area contributed by atoms with Gasteiger partial charge in [-0.3, -0.25) is 9.59 Å². The zero-order valence-corrected chi connectivity index (χ0v) is 30.7. The Morgan fingerprint density at radius 3 is 2.10 bits per heavy atom. The molecule has 1 aliphatic heterocycles. The van der Waals surface area contributed by atoms with Gasteiger partial charge in [0.05, 0.1) is 4.88 Å².